The number of carbonyl (C=O) groups is 1. The van der Waals surface area contributed by atoms with E-state index < -0.39 is 33.7 Å². The Hall–Kier alpha value is -2.55. The number of alkyl halides is 3. The summed E-state index contributed by atoms with van der Waals surface area (Å²) in [6, 6.07) is 7.99. The van der Waals surface area contributed by atoms with Crippen molar-refractivity contribution in [2.24, 2.45) is 0 Å². The molecule has 0 spiro atoms. The third-order valence-corrected chi connectivity index (χ3v) is 5.27. The molecular weight excluding hydrogens is 393 g/mol. The highest BCUT2D eigenvalue weighted by atomic mass is 32.2. The topological polar surface area (TPSA) is 66.5 Å². The Balaban J connectivity index is 2.29. The van der Waals surface area contributed by atoms with E-state index in [0.29, 0.717) is 5.69 Å². The van der Waals surface area contributed by atoms with Gasteiger partial charge in [-0.1, -0.05) is 6.07 Å². The van der Waals surface area contributed by atoms with Crippen LogP contribution in [0.3, 0.4) is 0 Å². The molecule has 2 aromatic rings. The van der Waals surface area contributed by atoms with E-state index in [-0.39, 0.29) is 5.69 Å². The lowest BCUT2D eigenvalue weighted by Crippen LogP contribution is -2.45. The second-order valence-electron chi connectivity index (χ2n) is 6.65. The first kappa shape index (κ1) is 21.7. The van der Waals surface area contributed by atoms with Crippen molar-refractivity contribution < 1.29 is 26.4 Å². The smallest absolute Gasteiger partial charge is 0.324 e. The van der Waals surface area contributed by atoms with E-state index in [1.807, 2.05) is 19.9 Å². The van der Waals surface area contributed by atoms with Crippen LogP contribution in [0.4, 0.5) is 24.5 Å². The van der Waals surface area contributed by atoms with Crippen LogP contribution in [0.1, 0.15) is 23.6 Å². The van der Waals surface area contributed by atoms with Crippen LogP contribution in [0.15, 0.2) is 42.5 Å². The molecule has 0 saturated heterocycles. The molecule has 9 heteroatoms. The van der Waals surface area contributed by atoms with Gasteiger partial charge in [-0.05, 0) is 68.3 Å². The zero-order chi connectivity index (χ0) is 21.3. The lowest BCUT2D eigenvalue weighted by atomic mass is 10.1. The third-order valence-electron chi connectivity index (χ3n) is 4.03. The van der Waals surface area contributed by atoms with E-state index in [1.165, 1.54) is 6.92 Å². The normalized spacial score (nSPS) is 13.1. The average Bonchev–Trinajstić information content (AvgIpc) is 2.52. The Morgan fingerprint density at radius 3 is 1.96 bits per heavy atom. The Labute approximate surface area is 162 Å². The van der Waals surface area contributed by atoms with E-state index in [4.69, 9.17) is 0 Å². The molecule has 0 bridgehead atoms. The van der Waals surface area contributed by atoms with Crippen LogP contribution in [0.5, 0.6) is 0 Å². The van der Waals surface area contributed by atoms with Crippen LogP contribution in [0.25, 0.3) is 0 Å². The largest absolute Gasteiger partial charge is 0.416 e. The molecule has 0 aliphatic rings. The lowest BCUT2D eigenvalue weighted by Gasteiger charge is -2.28. The molecule has 0 aliphatic heterocycles. The molecule has 5 nitrogen and oxygen atoms in total. The number of anilines is 2. The number of sulfonamides is 1. The predicted molar refractivity (Wildman–Crippen MR) is 103 cm³/mol. The number of nitrogens with zero attached hydrogens (tertiary/aromatic N) is 1. The molecule has 152 valence electrons. The van der Waals surface area contributed by atoms with Crippen LogP contribution in [0, 0.1) is 13.8 Å². The molecule has 0 radical (unpaired) electrons. The first-order valence-electron chi connectivity index (χ1n) is 8.35. The molecule has 0 aromatic heterocycles. The maximum atomic E-state index is 12.6. The monoisotopic (exact) mass is 414 g/mol. The second kappa shape index (κ2) is 7.83. The summed E-state index contributed by atoms with van der Waals surface area (Å²) >= 11 is 0. The zero-order valence-electron chi connectivity index (χ0n) is 15.8. The first-order valence-corrected chi connectivity index (χ1v) is 10.2. The van der Waals surface area contributed by atoms with Crippen molar-refractivity contribution in [2.45, 2.75) is 33.0 Å². The van der Waals surface area contributed by atoms with E-state index in [1.54, 1.807) is 12.1 Å². The van der Waals surface area contributed by atoms with Gasteiger partial charge in [-0.25, -0.2) is 8.42 Å². The first-order chi connectivity index (χ1) is 12.8. The fourth-order valence-electron chi connectivity index (χ4n) is 2.88. The van der Waals surface area contributed by atoms with Gasteiger partial charge in [-0.2, -0.15) is 13.2 Å². The zero-order valence-corrected chi connectivity index (χ0v) is 16.6. The molecule has 0 heterocycles. The number of carbonyl (C=O) groups excluding carboxylic acids is 1. The Morgan fingerprint density at radius 1 is 1.04 bits per heavy atom. The van der Waals surface area contributed by atoms with E-state index in [9.17, 15) is 26.4 Å². The summed E-state index contributed by atoms with van der Waals surface area (Å²) in [6.07, 6.45) is -3.49. The second-order valence-corrected chi connectivity index (χ2v) is 8.50. The van der Waals surface area contributed by atoms with Gasteiger partial charge in [0.25, 0.3) is 0 Å². The van der Waals surface area contributed by atoms with E-state index >= 15 is 0 Å². The van der Waals surface area contributed by atoms with Crippen LogP contribution in [0.2, 0.25) is 0 Å². The number of halogens is 3. The van der Waals surface area contributed by atoms with Gasteiger partial charge >= 0.3 is 6.18 Å². The van der Waals surface area contributed by atoms with Crippen molar-refractivity contribution in [3.63, 3.8) is 0 Å². The number of benzene rings is 2. The van der Waals surface area contributed by atoms with E-state index in [2.05, 4.69) is 5.32 Å². The average molecular weight is 414 g/mol. The summed E-state index contributed by atoms with van der Waals surface area (Å²) in [6.45, 7) is 5.03. The highest BCUT2D eigenvalue weighted by Crippen LogP contribution is 2.30. The molecule has 2 rings (SSSR count). The van der Waals surface area contributed by atoms with Crippen molar-refractivity contribution in [3.8, 4) is 0 Å². The van der Waals surface area contributed by atoms with Gasteiger partial charge in [0.05, 0.1) is 17.5 Å². The van der Waals surface area contributed by atoms with E-state index in [0.717, 1.165) is 46.0 Å². The molecule has 0 saturated carbocycles. The molecule has 1 amide bonds. The predicted octanol–water partition coefficient (Wildman–Crippen LogP) is 4.12. The SMILES string of the molecule is Cc1cc(C)cc(N([C@@H](C)C(=O)Nc2ccc(C(F)(F)F)cc2)S(C)(=O)=O)c1. The molecule has 28 heavy (non-hydrogen) atoms. The number of hydrogen-bond donors (Lipinski definition) is 1. The summed E-state index contributed by atoms with van der Waals surface area (Å²) < 4.78 is 63.6. The van der Waals surface area contributed by atoms with Crippen LogP contribution < -0.4 is 9.62 Å². The molecule has 1 atom stereocenters. The summed E-state index contributed by atoms with van der Waals surface area (Å²) in [4.78, 5) is 12.6. The number of aryl methyl sites for hydroxylation is 2. The number of rotatable bonds is 5. The molecule has 0 fully saturated rings. The fraction of sp³-hybridized carbons (Fsp3) is 0.316. The Kier molecular flexibility index (Phi) is 6.08. The highest BCUT2D eigenvalue weighted by molar-refractivity contribution is 7.92. The molecule has 0 aliphatic carbocycles. The number of amides is 1. The number of hydrogen-bond acceptors (Lipinski definition) is 3. The maximum absolute atomic E-state index is 12.6. The van der Waals surface area contributed by atoms with Crippen LogP contribution in [-0.4, -0.2) is 26.6 Å². The highest BCUT2D eigenvalue weighted by Gasteiger charge is 2.31. The van der Waals surface area contributed by atoms with Crippen molar-refractivity contribution >= 4 is 27.3 Å². The molecular formula is C19H21F3N2O3S. The minimum atomic E-state index is -4.48. The van der Waals surface area contributed by atoms with Gasteiger partial charge in [0.2, 0.25) is 15.9 Å². The number of nitrogens with one attached hydrogen (secondary N) is 1. The van der Waals surface area contributed by atoms with Gasteiger partial charge in [0.15, 0.2) is 0 Å². The summed E-state index contributed by atoms with van der Waals surface area (Å²) in [7, 11) is -3.79. The van der Waals surface area contributed by atoms with Gasteiger partial charge in [0, 0.05) is 5.69 Å². The molecule has 2 aromatic carbocycles. The molecule has 1 N–H and O–H groups in total. The van der Waals surface area contributed by atoms with Gasteiger partial charge in [-0.15, -0.1) is 0 Å². The van der Waals surface area contributed by atoms with Gasteiger partial charge < -0.3 is 5.32 Å². The van der Waals surface area contributed by atoms with Crippen molar-refractivity contribution in [2.75, 3.05) is 15.9 Å². The molecule has 0 unspecified atom stereocenters. The van der Waals surface area contributed by atoms with Crippen molar-refractivity contribution in [3.05, 3.63) is 59.2 Å². The van der Waals surface area contributed by atoms with Gasteiger partial charge in [0.1, 0.15) is 6.04 Å². The van der Waals surface area contributed by atoms with Gasteiger partial charge in [-0.3, -0.25) is 9.10 Å². The van der Waals surface area contributed by atoms with Crippen LogP contribution in [-0.2, 0) is 21.0 Å². The van der Waals surface area contributed by atoms with Crippen molar-refractivity contribution in [1.29, 1.82) is 0 Å². The third kappa shape index (κ3) is 5.25. The summed E-state index contributed by atoms with van der Waals surface area (Å²) in [5, 5.41) is 2.46. The fourth-order valence-corrected chi connectivity index (χ4v) is 4.03. The maximum Gasteiger partial charge on any atom is 0.416 e. The summed E-state index contributed by atoms with van der Waals surface area (Å²) in [5.41, 5.74) is 1.30. The Morgan fingerprint density at radius 2 is 1.54 bits per heavy atom. The minimum absolute atomic E-state index is 0.138. The summed E-state index contributed by atoms with van der Waals surface area (Å²) in [5.74, 6) is -0.663. The minimum Gasteiger partial charge on any atom is -0.324 e. The van der Waals surface area contributed by atoms with Crippen LogP contribution >= 0.6 is 0 Å². The lowest BCUT2D eigenvalue weighted by molar-refractivity contribution is -0.137. The van der Waals surface area contributed by atoms with Crippen molar-refractivity contribution in [1.82, 2.24) is 0 Å². The quantitative estimate of drug-likeness (QED) is 0.801. The Bertz CT molecular complexity index is 951. The standard InChI is InChI=1S/C19H21F3N2O3S/c1-12-9-13(2)11-17(10-12)24(28(4,26)27)14(3)18(25)23-16-7-5-15(6-8-16)19(20,21)22/h5-11,14H,1-4H3,(H,23,25)/t14-/m0/s1.